The predicted molar refractivity (Wildman–Crippen MR) is 110 cm³/mol. The summed E-state index contributed by atoms with van der Waals surface area (Å²) in [6.45, 7) is 7.16. The monoisotopic (exact) mass is 394 g/mol. The van der Waals surface area contributed by atoms with E-state index in [-0.39, 0.29) is 17.6 Å². The maximum atomic E-state index is 13.0. The molecule has 0 saturated carbocycles. The number of nitrogens with zero attached hydrogens (tertiary/aromatic N) is 2. The van der Waals surface area contributed by atoms with Crippen molar-refractivity contribution in [1.82, 2.24) is 14.7 Å². The van der Waals surface area contributed by atoms with Crippen molar-refractivity contribution < 1.29 is 14.5 Å². The number of rotatable bonds is 6. The number of H-pyrrole nitrogens is 1. The van der Waals surface area contributed by atoms with E-state index in [0.29, 0.717) is 41.2 Å². The standard InChI is InChI=1S/C21H23N5O3/c1-3-8-22-20(27)15-10-16-19(25-18(15)23-11-14-5-4-9-29-14)24-17-7-6-13(2)12-26(17)21(16)28/h3,6-7,10,12,14H,1,4-5,8-9,11H2,2H3,(H,22,27)(H,23,25)/p+1/t14-/m0/s1. The summed E-state index contributed by atoms with van der Waals surface area (Å²) in [5.74, 6) is 0.101. The number of hydrogen-bond donors (Lipinski definition) is 2. The number of pyridine rings is 2. The minimum atomic E-state index is -0.317. The molecule has 8 heteroatoms. The number of ether oxygens (including phenoxy) is 1. The van der Waals surface area contributed by atoms with Gasteiger partial charge in [0.15, 0.2) is 0 Å². The molecule has 4 heterocycles. The van der Waals surface area contributed by atoms with Gasteiger partial charge < -0.3 is 15.4 Å². The lowest BCUT2D eigenvalue weighted by atomic mass is 10.1. The normalized spacial score (nSPS) is 16.2. The van der Waals surface area contributed by atoms with E-state index in [4.69, 9.17) is 4.74 Å². The molecule has 0 unspecified atom stereocenters. The van der Waals surface area contributed by atoms with Crippen LogP contribution in [0, 0.1) is 6.92 Å². The quantitative estimate of drug-likeness (QED) is 0.487. The summed E-state index contributed by atoms with van der Waals surface area (Å²) in [4.78, 5) is 33.5. The SMILES string of the molecule is C=CCNC(=O)c1cc2c(=O)n3cc(C)ccc3[nH+]c2nc1NC[C@@H]1CCCO1. The van der Waals surface area contributed by atoms with Gasteiger partial charge in [0.05, 0.1) is 12.3 Å². The van der Waals surface area contributed by atoms with Crippen molar-refractivity contribution >= 4 is 28.4 Å². The third-order valence-electron chi connectivity index (χ3n) is 4.99. The zero-order chi connectivity index (χ0) is 20.4. The highest BCUT2D eigenvalue weighted by molar-refractivity contribution is 6.01. The van der Waals surface area contributed by atoms with E-state index in [1.807, 2.05) is 19.1 Å². The Morgan fingerprint density at radius 1 is 1.48 bits per heavy atom. The van der Waals surface area contributed by atoms with Crippen molar-refractivity contribution in [2.24, 2.45) is 0 Å². The van der Waals surface area contributed by atoms with Gasteiger partial charge in [-0.25, -0.2) is 9.78 Å². The average molecular weight is 394 g/mol. The highest BCUT2D eigenvalue weighted by Crippen LogP contribution is 2.19. The van der Waals surface area contributed by atoms with E-state index in [9.17, 15) is 9.59 Å². The maximum Gasteiger partial charge on any atom is 0.325 e. The van der Waals surface area contributed by atoms with Gasteiger partial charge in [-0.05, 0) is 37.5 Å². The molecule has 8 nitrogen and oxygen atoms in total. The van der Waals surface area contributed by atoms with Crippen LogP contribution in [0.2, 0.25) is 0 Å². The van der Waals surface area contributed by atoms with Crippen molar-refractivity contribution in [2.45, 2.75) is 25.9 Å². The van der Waals surface area contributed by atoms with Gasteiger partial charge in [0, 0.05) is 25.8 Å². The summed E-state index contributed by atoms with van der Waals surface area (Å²) >= 11 is 0. The van der Waals surface area contributed by atoms with Gasteiger partial charge in [-0.2, -0.15) is 4.40 Å². The van der Waals surface area contributed by atoms with Gasteiger partial charge in [-0.1, -0.05) is 11.1 Å². The largest absolute Gasteiger partial charge is 0.376 e. The lowest BCUT2D eigenvalue weighted by Gasteiger charge is -2.12. The van der Waals surface area contributed by atoms with Crippen LogP contribution in [0.25, 0.3) is 16.7 Å². The first-order valence-electron chi connectivity index (χ1n) is 9.70. The van der Waals surface area contributed by atoms with Gasteiger partial charge in [-0.3, -0.25) is 4.79 Å². The lowest BCUT2D eigenvalue weighted by molar-refractivity contribution is -0.319. The summed E-state index contributed by atoms with van der Waals surface area (Å²) in [6.07, 6.45) is 5.45. The molecule has 1 fully saturated rings. The minimum absolute atomic E-state index is 0.0887. The average Bonchev–Trinajstić information content (AvgIpc) is 3.24. The van der Waals surface area contributed by atoms with Crippen LogP contribution in [-0.2, 0) is 4.74 Å². The molecule has 29 heavy (non-hydrogen) atoms. The van der Waals surface area contributed by atoms with Gasteiger partial charge in [-0.15, -0.1) is 6.58 Å². The van der Waals surface area contributed by atoms with E-state index >= 15 is 0 Å². The number of aryl methyl sites for hydroxylation is 1. The number of aromatic nitrogens is 3. The first kappa shape index (κ1) is 19.1. The fraction of sp³-hybridized carbons (Fsp3) is 0.333. The lowest BCUT2D eigenvalue weighted by Crippen LogP contribution is -2.29. The Morgan fingerprint density at radius 3 is 3.10 bits per heavy atom. The fourth-order valence-electron chi connectivity index (χ4n) is 3.48. The van der Waals surface area contributed by atoms with Crippen LogP contribution in [0.15, 0.2) is 41.8 Å². The molecule has 1 aliphatic heterocycles. The Labute approximate surface area is 167 Å². The number of hydrogen-bond acceptors (Lipinski definition) is 5. The van der Waals surface area contributed by atoms with E-state index in [2.05, 4.69) is 27.2 Å². The van der Waals surface area contributed by atoms with Gasteiger partial charge in [0.1, 0.15) is 10.9 Å². The second kappa shape index (κ2) is 8.00. The third kappa shape index (κ3) is 3.84. The number of nitrogens with one attached hydrogen (secondary N) is 3. The molecule has 150 valence electrons. The number of amides is 1. The Balaban J connectivity index is 1.82. The van der Waals surface area contributed by atoms with Crippen LogP contribution in [0.5, 0.6) is 0 Å². The molecular weight excluding hydrogens is 370 g/mol. The number of fused-ring (bicyclic) bond motifs is 2. The van der Waals surface area contributed by atoms with Crippen LogP contribution in [0.3, 0.4) is 0 Å². The van der Waals surface area contributed by atoms with Crippen LogP contribution in [0.1, 0.15) is 28.8 Å². The highest BCUT2D eigenvalue weighted by atomic mass is 16.5. The molecular formula is C21H24N5O3+. The molecule has 3 aromatic heterocycles. The molecule has 1 aliphatic rings. The van der Waals surface area contributed by atoms with Crippen molar-refractivity contribution in [3.8, 4) is 0 Å². The van der Waals surface area contributed by atoms with E-state index in [1.54, 1.807) is 18.3 Å². The summed E-state index contributed by atoms with van der Waals surface area (Å²) in [5, 5.41) is 6.34. The molecule has 0 radical (unpaired) electrons. The van der Waals surface area contributed by atoms with Crippen molar-refractivity contribution in [3.63, 3.8) is 0 Å². The minimum Gasteiger partial charge on any atom is -0.376 e. The third-order valence-corrected chi connectivity index (χ3v) is 4.99. The van der Waals surface area contributed by atoms with Crippen molar-refractivity contribution in [3.05, 3.63) is 58.5 Å². The second-order valence-corrected chi connectivity index (χ2v) is 7.19. The Hall–Kier alpha value is -3.26. The van der Waals surface area contributed by atoms with Gasteiger partial charge >= 0.3 is 5.56 Å². The topological polar surface area (TPSA) is 98.9 Å². The summed E-state index contributed by atoms with van der Waals surface area (Å²) in [6, 6.07) is 5.35. The summed E-state index contributed by atoms with van der Waals surface area (Å²) in [7, 11) is 0. The number of aromatic amines is 1. The molecule has 1 atom stereocenters. The molecule has 1 amide bonds. The van der Waals surface area contributed by atoms with Crippen LogP contribution in [0.4, 0.5) is 5.82 Å². The van der Waals surface area contributed by atoms with Crippen molar-refractivity contribution in [2.75, 3.05) is 25.0 Å². The smallest absolute Gasteiger partial charge is 0.325 e. The molecule has 4 rings (SSSR count). The van der Waals surface area contributed by atoms with Gasteiger partial charge in [0.2, 0.25) is 11.5 Å². The maximum absolute atomic E-state index is 13.0. The van der Waals surface area contributed by atoms with Crippen LogP contribution >= 0.6 is 0 Å². The number of anilines is 1. The Kier molecular flexibility index (Phi) is 5.26. The summed E-state index contributed by atoms with van der Waals surface area (Å²) in [5.41, 5.74) is 2.10. The molecule has 0 aliphatic carbocycles. The molecule has 0 aromatic carbocycles. The summed E-state index contributed by atoms with van der Waals surface area (Å²) < 4.78 is 7.18. The zero-order valence-corrected chi connectivity index (χ0v) is 16.3. The Morgan fingerprint density at radius 2 is 2.34 bits per heavy atom. The molecule has 0 bridgehead atoms. The zero-order valence-electron chi connectivity index (χ0n) is 16.3. The van der Waals surface area contributed by atoms with Crippen LogP contribution in [-0.4, -0.2) is 41.1 Å². The second-order valence-electron chi connectivity index (χ2n) is 7.19. The fourth-order valence-corrected chi connectivity index (χ4v) is 3.48. The number of carbonyl (C=O) groups is 1. The van der Waals surface area contributed by atoms with Crippen molar-refractivity contribution in [1.29, 1.82) is 0 Å². The van der Waals surface area contributed by atoms with Crippen LogP contribution < -0.4 is 21.2 Å². The van der Waals surface area contributed by atoms with E-state index in [0.717, 1.165) is 25.0 Å². The first-order chi connectivity index (χ1) is 14.1. The highest BCUT2D eigenvalue weighted by Gasteiger charge is 2.23. The first-order valence-corrected chi connectivity index (χ1v) is 9.70. The molecule has 3 aromatic rings. The number of carbonyl (C=O) groups excluding carboxylic acids is 1. The predicted octanol–water partition coefficient (Wildman–Crippen LogP) is 1.48. The molecule has 3 N–H and O–H groups in total. The Bertz CT molecular complexity index is 1150. The molecule has 1 saturated heterocycles. The molecule has 0 spiro atoms. The van der Waals surface area contributed by atoms with Gasteiger partial charge in [0.25, 0.3) is 11.6 Å². The van der Waals surface area contributed by atoms with E-state index in [1.165, 1.54) is 4.40 Å². The van der Waals surface area contributed by atoms with E-state index < -0.39 is 0 Å².